The number of fused-ring (bicyclic) bond motifs is 3. The van der Waals surface area contributed by atoms with Crippen LogP contribution in [0.3, 0.4) is 0 Å². The molecule has 1 fully saturated rings. The van der Waals surface area contributed by atoms with Gasteiger partial charge in [-0.3, -0.25) is 4.79 Å². The number of nitrogens with one attached hydrogen (secondary N) is 1. The number of benzene rings is 1. The highest BCUT2D eigenvalue weighted by atomic mass is 16.2. The third-order valence-corrected chi connectivity index (χ3v) is 4.89. The lowest BCUT2D eigenvalue weighted by Gasteiger charge is -2.31. The van der Waals surface area contributed by atoms with Crippen LogP contribution in [-0.4, -0.2) is 28.9 Å². The first-order chi connectivity index (χ1) is 9.74. The van der Waals surface area contributed by atoms with Crippen molar-refractivity contribution in [2.24, 2.45) is 5.92 Å². The van der Waals surface area contributed by atoms with Crippen LogP contribution in [0.15, 0.2) is 24.3 Å². The summed E-state index contributed by atoms with van der Waals surface area (Å²) < 4.78 is 0. The zero-order valence-corrected chi connectivity index (χ0v) is 11.9. The smallest absolute Gasteiger partial charge is 0.225 e. The number of aromatic amines is 1. The topological polar surface area (TPSA) is 36.1 Å². The van der Waals surface area contributed by atoms with Crippen molar-refractivity contribution in [1.82, 2.24) is 9.88 Å². The average molecular weight is 268 g/mol. The largest absolute Gasteiger partial charge is 0.358 e. The maximum Gasteiger partial charge on any atom is 0.225 e. The maximum absolute atomic E-state index is 12.2. The monoisotopic (exact) mass is 268 g/mol. The molecule has 0 bridgehead atoms. The highest BCUT2D eigenvalue weighted by molar-refractivity contribution is 5.85. The van der Waals surface area contributed by atoms with E-state index in [0.717, 1.165) is 32.1 Å². The van der Waals surface area contributed by atoms with Gasteiger partial charge in [0.25, 0.3) is 0 Å². The Hall–Kier alpha value is -1.77. The number of amides is 1. The van der Waals surface area contributed by atoms with Crippen molar-refractivity contribution in [3.05, 3.63) is 35.5 Å². The van der Waals surface area contributed by atoms with Crippen LogP contribution < -0.4 is 0 Å². The van der Waals surface area contributed by atoms with E-state index in [1.807, 2.05) is 11.9 Å². The lowest BCUT2D eigenvalue weighted by atomic mass is 9.90. The van der Waals surface area contributed by atoms with Gasteiger partial charge >= 0.3 is 0 Å². The molecular weight excluding hydrogens is 248 g/mol. The van der Waals surface area contributed by atoms with Crippen LogP contribution in [0.4, 0.5) is 0 Å². The number of aromatic nitrogens is 1. The average Bonchev–Trinajstić information content (AvgIpc) is 3.26. The predicted octanol–water partition coefficient (Wildman–Crippen LogP) is 2.89. The second kappa shape index (κ2) is 4.37. The molecule has 1 aromatic heterocycles. The molecule has 2 aliphatic rings. The van der Waals surface area contributed by atoms with Crippen molar-refractivity contribution in [2.75, 3.05) is 7.05 Å². The predicted molar refractivity (Wildman–Crippen MR) is 79.6 cm³/mol. The summed E-state index contributed by atoms with van der Waals surface area (Å²) in [6.07, 6.45) is 5.31. The van der Waals surface area contributed by atoms with E-state index in [9.17, 15) is 4.79 Å². The lowest BCUT2D eigenvalue weighted by molar-refractivity contribution is -0.133. The van der Waals surface area contributed by atoms with E-state index in [0.29, 0.717) is 17.9 Å². The van der Waals surface area contributed by atoms with Gasteiger partial charge in [-0.2, -0.15) is 0 Å². The summed E-state index contributed by atoms with van der Waals surface area (Å²) in [6.45, 7) is 0. The van der Waals surface area contributed by atoms with Crippen molar-refractivity contribution < 1.29 is 4.79 Å². The Kier molecular flexibility index (Phi) is 2.62. The molecule has 1 amide bonds. The van der Waals surface area contributed by atoms with Gasteiger partial charge in [-0.05, 0) is 43.7 Å². The van der Waals surface area contributed by atoms with Crippen LogP contribution in [0.1, 0.15) is 30.5 Å². The molecule has 1 unspecified atom stereocenters. The Balaban J connectivity index is 1.63. The molecule has 1 heterocycles. The number of para-hydroxylation sites is 1. The molecule has 2 aromatic rings. The molecule has 0 radical (unpaired) electrons. The number of likely N-dealkylation sites (N-methyl/N-ethyl adjacent to an activating group) is 1. The van der Waals surface area contributed by atoms with Crippen LogP contribution in [0.5, 0.6) is 0 Å². The van der Waals surface area contributed by atoms with Crippen molar-refractivity contribution in [3.63, 3.8) is 0 Å². The molecule has 0 saturated heterocycles. The minimum atomic E-state index is 0.323. The fraction of sp³-hybridized carbons (Fsp3) is 0.471. The van der Waals surface area contributed by atoms with E-state index in [1.165, 1.54) is 22.2 Å². The summed E-state index contributed by atoms with van der Waals surface area (Å²) in [5, 5.41) is 1.33. The van der Waals surface area contributed by atoms with Gasteiger partial charge in [0, 0.05) is 35.6 Å². The van der Waals surface area contributed by atoms with Crippen LogP contribution >= 0.6 is 0 Å². The number of carbonyl (C=O) groups is 1. The Morgan fingerprint density at radius 3 is 2.85 bits per heavy atom. The Morgan fingerprint density at radius 2 is 2.05 bits per heavy atom. The summed E-state index contributed by atoms with van der Waals surface area (Å²) in [5.74, 6) is 0.683. The van der Waals surface area contributed by atoms with Gasteiger partial charge in [-0.25, -0.2) is 0 Å². The number of nitrogens with zero attached hydrogens (tertiary/aromatic N) is 1. The van der Waals surface area contributed by atoms with Gasteiger partial charge in [0.2, 0.25) is 5.91 Å². The van der Waals surface area contributed by atoms with Crippen molar-refractivity contribution in [3.8, 4) is 0 Å². The molecule has 1 atom stereocenters. The molecular formula is C17H20N2O. The normalized spacial score (nSPS) is 21.8. The van der Waals surface area contributed by atoms with Gasteiger partial charge in [-0.15, -0.1) is 0 Å². The van der Waals surface area contributed by atoms with Crippen LogP contribution in [0.25, 0.3) is 10.9 Å². The van der Waals surface area contributed by atoms with E-state index in [-0.39, 0.29) is 0 Å². The third kappa shape index (κ3) is 1.84. The fourth-order valence-corrected chi connectivity index (χ4v) is 3.48. The summed E-state index contributed by atoms with van der Waals surface area (Å²) >= 11 is 0. The van der Waals surface area contributed by atoms with Gasteiger partial charge in [0.05, 0.1) is 0 Å². The molecule has 1 N–H and O–H groups in total. The van der Waals surface area contributed by atoms with Crippen molar-refractivity contribution >= 4 is 16.8 Å². The molecule has 104 valence electrons. The Labute approximate surface area is 119 Å². The van der Waals surface area contributed by atoms with Crippen LogP contribution in [0, 0.1) is 5.92 Å². The highest BCUT2D eigenvalue weighted by Crippen LogP contribution is 2.34. The summed E-state index contributed by atoms with van der Waals surface area (Å²) in [7, 11) is 1.99. The second-order valence-electron chi connectivity index (χ2n) is 6.25. The molecule has 0 aliphatic heterocycles. The number of H-pyrrole nitrogens is 1. The fourth-order valence-electron chi connectivity index (χ4n) is 3.48. The van der Waals surface area contributed by atoms with Gasteiger partial charge in [-0.1, -0.05) is 18.2 Å². The molecule has 2 aliphatic carbocycles. The van der Waals surface area contributed by atoms with Crippen LogP contribution in [0.2, 0.25) is 0 Å². The van der Waals surface area contributed by atoms with Gasteiger partial charge < -0.3 is 9.88 Å². The minimum Gasteiger partial charge on any atom is -0.358 e. The van der Waals surface area contributed by atoms with Gasteiger partial charge in [0.15, 0.2) is 0 Å². The Morgan fingerprint density at radius 1 is 1.25 bits per heavy atom. The number of carbonyl (C=O) groups excluding carboxylic acids is 1. The van der Waals surface area contributed by atoms with E-state index >= 15 is 0 Å². The first-order valence-corrected chi connectivity index (χ1v) is 7.59. The molecule has 20 heavy (non-hydrogen) atoms. The molecule has 1 saturated carbocycles. The van der Waals surface area contributed by atoms with Crippen molar-refractivity contribution in [1.29, 1.82) is 0 Å². The Bertz CT molecular complexity index is 669. The zero-order valence-electron chi connectivity index (χ0n) is 11.9. The minimum absolute atomic E-state index is 0.323. The second-order valence-corrected chi connectivity index (χ2v) is 6.25. The summed E-state index contributed by atoms with van der Waals surface area (Å²) in [5.41, 5.74) is 4.02. The van der Waals surface area contributed by atoms with E-state index in [2.05, 4.69) is 29.2 Å². The van der Waals surface area contributed by atoms with Crippen LogP contribution in [-0.2, 0) is 17.6 Å². The molecule has 4 rings (SSSR count). The number of hydrogen-bond donors (Lipinski definition) is 1. The quantitative estimate of drug-likeness (QED) is 0.893. The molecule has 3 heteroatoms. The van der Waals surface area contributed by atoms with E-state index < -0.39 is 0 Å². The molecule has 3 nitrogen and oxygen atoms in total. The summed E-state index contributed by atoms with van der Waals surface area (Å²) in [6, 6.07) is 8.87. The maximum atomic E-state index is 12.2. The summed E-state index contributed by atoms with van der Waals surface area (Å²) in [4.78, 5) is 17.8. The van der Waals surface area contributed by atoms with Crippen molar-refractivity contribution in [2.45, 2.75) is 38.1 Å². The number of hydrogen-bond acceptors (Lipinski definition) is 1. The van der Waals surface area contributed by atoms with Gasteiger partial charge in [0.1, 0.15) is 0 Å². The highest BCUT2D eigenvalue weighted by Gasteiger charge is 2.35. The SMILES string of the molecule is CN(C(=O)C1CC1)C1CCc2[nH]c3ccccc3c2C1. The first kappa shape index (κ1) is 12.0. The lowest BCUT2D eigenvalue weighted by Crippen LogP contribution is -2.41. The first-order valence-electron chi connectivity index (χ1n) is 7.59. The molecule has 1 aromatic carbocycles. The van der Waals surface area contributed by atoms with E-state index in [4.69, 9.17) is 0 Å². The number of rotatable bonds is 2. The standard InChI is InChI=1S/C17H20N2O/c1-19(17(20)11-6-7-11)12-8-9-16-14(10-12)13-4-2-3-5-15(13)18-16/h2-5,11-12,18H,6-10H2,1H3. The molecule has 0 spiro atoms. The zero-order chi connectivity index (χ0) is 13.7. The third-order valence-electron chi connectivity index (χ3n) is 4.89. The van der Waals surface area contributed by atoms with E-state index in [1.54, 1.807) is 0 Å². The number of aryl methyl sites for hydroxylation is 1.